The van der Waals surface area contributed by atoms with Crippen molar-refractivity contribution in [2.45, 2.75) is 32.6 Å². The highest BCUT2D eigenvalue weighted by Crippen LogP contribution is 2.34. The first-order valence-electron chi connectivity index (χ1n) is 6.26. The van der Waals surface area contributed by atoms with Gasteiger partial charge in [0.2, 0.25) is 10.0 Å². The van der Waals surface area contributed by atoms with Gasteiger partial charge in [-0.2, -0.15) is 0 Å². The normalized spacial score (nSPS) is 30.6. The Labute approximate surface area is 98.6 Å². The van der Waals surface area contributed by atoms with E-state index < -0.39 is 10.0 Å². The Morgan fingerprint density at radius 2 is 1.75 bits per heavy atom. The van der Waals surface area contributed by atoms with E-state index in [1.807, 2.05) is 6.92 Å². The van der Waals surface area contributed by atoms with Crippen molar-refractivity contribution in [2.75, 3.05) is 18.8 Å². The van der Waals surface area contributed by atoms with Crippen molar-refractivity contribution in [3.8, 4) is 0 Å². The van der Waals surface area contributed by atoms with Crippen LogP contribution in [-0.4, -0.2) is 31.6 Å². The second-order valence-electron chi connectivity index (χ2n) is 4.95. The fourth-order valence-corrected chi connectivity index (χ4v) is 4.40. The second kappa shape index (κ2) is 4.88. The van der Waals surface area contributed by atoms with E-state index in [-0.39, 0.29) is 0 Å². The average molecular weight is 243 g/mol. The maximum absolute atomic E-state index is 12.0. The number of unbranched alkanes of at least 4 members (excludes halogenated alkanes) is 1. The molecule has 4 heteroatoms. The van der Waals surface area contributed by atoms with Gasteiger partial charge in [-0.3, -0.25) is 0 Å². The van der Waals surface area contributed by atoms with Crippen LogP contribution in [0.15, 0.2) is 12.2 Å². The molecule has 1 saturated heterocycles. The summed E-state index contributed by atoms with van der Waals surface area (Å²) >= 11 is 0. The number of nitrogens with zero attached hydrogens (tertiary/aromatic N) is 1. The van der Waals surface area contributed by atoms with Crippen molar-refractivity contribution >= 4 is 10.0 Å². The highest BCUT2D eigenvalue weighted by Gasteiger charge is 2.37. The lowest BCUT2D eigenvalue weighted by Gasteiger charge is -2.18. The lowest BCUT2D eigenvalue weighted by molar-refractivity contribution is 0.411. The summed E-state index contributed by atoms with van der Waals surface area (Å²) in [5.41, 5.74) is 0. The lowest BCUT2D eigenvalue weighted by atomic mass is 9.86. The zero-order valence-corrected chi connectivity index (χ0v) is 10.7. The summed E-state index contributed by atoms with van der Waals surface area (Å²) < 4.78 is 25.8. The third kappa shape index (κ3) is 2.48. The Morgan fingerprint density at radius 3 is 2.25 bits per heavy atom. The Bertz CT molecular complexity index is 345. The first-order valence-corrected chi connectivity index (χ1v) is 7.87. The molecule has 0 aromatic heterocycles. The van der Waals surface area contributed by atoms with Crippen molar-refractivity contribution < 1.29 is 8.42 Å². The van der Waals surface area contributed by atoms with Crippen LogP contribution in [0.3, 0.4) is 0 Å². The van der Waals surface area contributed by atoms with Crippen LogP contribution in [0.2, 0.25) is 0 Å². The molecule has 2 rings (SSSR count). The molecule has 0 saturated carbocycles. The summed E-state index contributed by atoms with van der Waals surface area (Å²) in [6.07, 6.45) is 8.25. The zero-order valence-electron chi connectivity index (χ0n) is 9.93. The van der Waals surface area contributed by atoms with E-state index in [1.165, 1.54) is 0 Å². The van der Waals surface area contributed by atoms with E-state index >= 15 is 0 Å². The van der Waals surface area contributed by atoms with Crippen LogP contribution in [-0.2, 0) is 10.0 Å². The van der Waals surface area contributed by atoms with Crippen LogP contribution in [0.5, 0.6) is 0 Å². The molecule has 0 aromatic rings. The first-order chi connectivity index (χ1) is 7.63. The molecule has 16 heavy (non-hydrogen) atoms. The van der Waals surface area contributed by atoms with Gasteiger partial charge in [0.05, 0.1) is 5.75 Å². The van der Waals surface area contributed by atoms with Crippen molar-refractivity contribution in [1.29, 1.82) is 0 Å². The molecular weight excluding hydrogens is 222 g/mol. The summed E-state index contributed by atoms with van der Waals surface area (Å²) in [6.45, 7) is 3.53. The molecule has 1 aliphatic carbocycles. The van der Waals surface area contributed by atoms with E-state index in [0.717, 1.165) is 38.8 Å². The Balaban J connectivity index is 1.98. The van der Waals surface area contributed by atoms with Gasteiger partial charge in [0, 0.05) is 13.1 Å². The van der Waals surface area contributed by atoms with E-state index in [2.05, 4.69) is 12.2 Å². The monoisotopic (exact) mass is 243 g/mol. The summed E-state index contributed by atoms with van der Waals surface area (Å²) in [4.78, 5) is 0. The predicted octanol–water partition coefficient (Wildman–Crippen LogP) is 2.01. The lowest BCUT2D eigenvalue weighted by Crippen LogP contribution is -2.31. The van der Waals surface area contributed by atoms with Gasteiger partial charge >= 0.3 is 0 Å². The maximum Gasteiger partial charge on any atom is 0.214 e. The van der Waals surface area contributed by atoms with Crippen LogP contribution in [0.1, 0.15) is 32.6 Å². The van der Waals surface area contributed by atoms with Crippen molar-refractivity contribution in [2.24, 2.45) is 11.8 Å². The third-order valence-electron chi connectivity index (χ3n) is 3.74. The van der Waals surface area contributed by atoms with Crippen LogP contribution in [0.25, 0.3) is 0 Å². The molecule has 1 aliphatic heterocycles. The number of fused-ring (bicyclic) bond motifs is 1. The summed E-state index contributed by atoms with van der Waals surface area (Å²) in [7, 11) is -2.97. The second-order valence-corrected chi connectivity index (χ2v) is 7.04. The standard InChI is InChI=1S/C12H21NO2S/c1-2-3-8-16(14,15)13-9-11-6-4-5-7-12(11)10-13/h4-5,11-12H,2-3,6-10H2,1H3. The molecule has 92 valence electrons. The van der Waals surface area contributed by atoms with Crippen LogP contribution in [0.4, 0.5) is 0 Å². The molecule has 0 radical (unpaired) electrons. The first kappa shape index (κ1) is 12.1. The molecule has 2 aliphatic rings. The quantitative estimate of drug-likeness (QED) is 0.708. The molecule has 0 bridgehead atoms. The van der Waals surface area contributed by atoms with E-state index in [4.69, 9.17) is 0 Å². The number of rotatable bonds is 4. The van der Waals surface area contributed by atoms with Gasteiger partial charge in [0.1, 0.15) is 0 Å². The van der Waals surface area contributed by atoms with E-state index in [9.17, 15) is 8.42 Å². The molecule has 0 amide bonds. The Kier molecular flexibility index (Phi) is 3.70. The van der Waals surface area contributed by atoms with Gasteiger partial charge in [0.15, 0.2) is 0 Å². The topological polar surface area (TPSA) is 37.4 Å². The molecule has 3 nitrogen and oxygen atoms in total. The zero-order chi connectivity index (χ0) is 11.6. The minimum absolute atomic E-state index is 0.330. The van der Waals surface area contributed by atoms with E-state index in [1.54, 1.807) is 4.31 Å². The highest BCUT2D eigenvalue weighted by atomic mass is 32.2. The maximum atomic E-state index is 12.0. The Morgan fingerprint density at radius 1 is 1.19 bits per heavy atom. The van der Waals surface area contributed by atoms with Crippen LogP contribution >= 0.6 is 0 Å². The number of allylic oxidation sites excluding steroid dienone is 2. The number of hydrogen-bond acceptors (Lipinski definition) is 2. The Hall–Kier alpha value is -0.350. The summed E-state index contributed by atoms with van der Waals surface area (Å²) in [5.74, 6) is 1.47. The molecule has 2 unspecified atom stereocenters. The van der Waals surface area contributed by atoms with Gasteiger partial charge in [-0.1, -0.05) is 25.5 Å². The average Bonchev–Trinajstić information content (AvgIpc) is 2.71. The van der Waals surface area contributed by atoms with Crippen LogP contribution in [0, 0.1) is 11.8 Å². The predicted molar refractivity (Wildman–Crippen MR) is 65.6 cm³/mol. The number of hydrogen-bond donors (Lipinski definition) is 0. The van der Waals surface area contributed by atoms with Crippen LogP contribution < -0.4 is 0 Å². The fourth-order valence-electron chi connectivity index (χ4n) is 2.65. The largest absolute Gasteiger partial charge is 0.214 e. The number of sulfonamides is 1. The van der Waals surface area contributed by atoms with E-state index in [0.29, 0.717) is 17.6 Å². The van der Waals surface area contributed by atoms with Gasteiger partial charge in [-0.25, -0.2) is 12.7 Å². The molecule has 1 heterocycles. The van der Waals surface area contributed by atoms with Gasteiger partial charge in [-0.15, -0.1) is 0 Å². The summed E-state index contributed by atoms with van der Waals surface area (Å²) in [5, 5.41) is 0. The van der Waals surface area contributed by atoms with Crippen molar-refractivity contribution in [3.63, 3.8) is 0 Å². The van der Waals surface area contributed by atoms with Crippen molar-refractivity contribution in [3.05, 3.63) is 12.2 Å². The summed E-state index contributed by atoms with van der Waals surface area (Å²) in [6, 6.07) is 0. The molecule has 2 atom stereocenters. The van der Waals surface area contributed by atoms with Crippen molar-refractivity contribution in [1.82, 2.24) is 4.31 Å². The smallest absolute Gasteiger partial charge is 0.212 e. The molecule has 0 aromatic carbocycles. The van der Waals surface area contributed by atoms with Gasteiger partial charge in [0.25, 0.3) is 0 Å². The van der Waals surface area contributed by atoms with Gasteiger partial charge < -0.3 is 0 Å². The minimum atomic E-state index is -2.97. The molecule has 0 spiro atoms. The van der Waals surface area contributed by atoms with Gasteiger partial charge in [-0.05, 0) is 31.1 Å². The SMILES string of the molecule is CCCCS(=O)(=O)N1CC2CC=CCC2C1. The fraction of sp³-hybridized carbons (Fsp3) is 0.833. The highest BCUT2D eigenvalue weighted by molar-refractivity contribution is 7.89. The minimum Gasteiger partial charge on any atom is -0.212 e. The molecular formula is C12H21NO2S. The third-order valence-corrected chi connectivity index (χ3v) is 5.63. The molecule has 1 fully saturated rings. The molecule has 0 N–H and O–H groups in total.